The molecule has 0 aliphatic carbocycles. The molecule has 0 unspecified atom stereocenters. The number of hydrogen-bond acceptors (Lipinski definition) is 2. The monoisotopic (exact) mass is 224 g/mol. The molecule has 1 N–H and O–H groups in total. The largest absolute Gasteiger partial charge is 0.359 e. The molecule has 1 aromatic carbocycles. The van der Waals surface area contributed by atoms with Crippen molar-refractivity contribution in [3.63, 3.8) is 0 Å². The summed E-state index contributed by atoms with van der Waals surface area (Å²) >= 11 is 6.02. The summed E-state index contributed by atoms with van der Waals surface area (Å²) in [5, 5.41) is 3.41. The highest BCUT2D eigenvalue weighted by atomic mass is 35.5. The number of benzene rings is 1. The van der Waals surface area contributed by atoms with Crippen molar-refractivity contribution in [3.8, 4) is 0 Å². The summed E-state index contributed by atoms with van der Waals surface area (Å²) in [4.78, 5) is 13.8. The molecule has 0 saturated heterocycles. The van der Waals surface area contributed by atoms with Gasteiger partial charge in [0.25, 0.3) is 0 Å². The lowest BCUT2D eigenvalue weighted by molar-refractivity contribution is -0.120. The third-order valence-electron chi connectivity index (χ3n) is 2.99. The molecule has 0 radical (unpaired) electrons. The van der Waals surface area contributed by atoms with E-state index in [9.17, 15) is 4.79 Å². The number of carbonyl (C=O) groups is 1. The first-order chi connectivity index (χ1) is 6.94. The molecule has 15 heavy (non-hydrogen) atoms. The zero-order valence-corrected chi connectivity index (χ0v) is 9.72. The Morgan fingerprint density at radius 2 is 2.07 bits per heavy atom. The third-order valence-corrected chi connectivity index (χ3v) is 3.30. The second kappa shape index (κ2) is 3.14. The van der Waals surface area contributed by atoms with Gasteiger partial charge in [-0.2, -0.15) is 0 Å². The number of amides is 1. The Hall–Kier alpha value is -1.22. The molecule has 1 heterocycles. The Morgan fingerprint density at radius 3 is 2.73 bits per heavy atom. The summed E-state index contributed by atoms with van der Waals surface area (Å²) < 4.78 is 0. The van der Waals surface area contributed by atoms with Crippen molar-refractivity contribution in [1.29, 1.82) is 0 Å². The highest BCUT2D eigenvalue weighted by Crippen LogP contribution is 2.39. The molecule has 2 rings (SSSR count). The van der Waals surface area contributed by atoms with E-state index in [-0.39, 0.29) is 5.91 Å². The Labute approximate surface area is 94.0 Å². The SMILES string of the molecule is CN1c2cccc(Cl)c2NC(=O)C1(C)C. The maximum atomic E-state index is 11.8. The molecule has 1 aliphatic rings. The molecule has 1 aromatic rings. The number of likely N-dealkylation sites (N-methyl/N-ethyl adjacent to an activating group) is 1. The van der Waals surface area contributed by atoms with Crippen LogP contribution in [-0.2, 0) is 4.79 Å². The van der Waals surface area contributed by atoms with Crippen LogP contribution in [0.25, 0.3) is 0 Å². The van der Waals surface area contributed by atoms with Gasteiger partial charge in [-0.05, 0) is 26.0 Å². The Kier molecular flexibility index (Phi) is 2.15. The third kappa shape index (κ3) is 1.38. The van der Waals surface area contributed by atoms with Crippen LogP contribution in [0, 0.1) is 0 Å². The summed E-state index contributed by atoms with van der Waals surface area (Å²) in [6.45, 7) is 3.76. The summed E-state index contributed by atoms with van der Waals surface area (Å²) in [5.41, 5.74) is 1.11. The summed E-state index contributed by atoms with van der Waals surface area (Å²) in [7, 11) is 1.90. The molecule has 0 bridgehead atoms. The van der Waals surface area contributed by atoms with E-state index in [0.29, 0.717) is 10.7 Å². The summed E-state index contributed by atoms with van der Waals surface area (Å²) in [5.74, 6) is -0.0365. The van der Waals surface area contributed by atoms with Crippen LogP contribution in [-0.4, -0.2) is 18.5 Å². The van der Waals surface area contributed by atoms with Gasteiger partial charge in [-0.3, -0.25) is 4.79 Å². The minimum atomic E-state index is -0.544. The van der Waals surface area contributed by atoms with Crippen LogP contribution in [0.15, 0.2) is 18.2 Å². The van der Waals surface area contributed by atoms with Crippen molar-refractivity contribution < 1.29 is 4.79 Å². The predicted octanol–water partition coefficient (Wildman–Crippen LogP) is 2.51. The quantitative estimate of drug-likeness (QED) is 0.735. The molecular weight excluding hydrogens is 212 g/mol. The van der Waals surface area contributed by atoms with Gasteiger partial charge in [0.15, 0.2) is 0 Å². The minimum absolute atomic E-state index is 0.0365. The van der Waals surface area contributed by atoms with Gasteiger partial charge in [-0.1, -0.05) is 17.7 Å². The maximum absolute atomic E-state index is 11.8. The number of para-hydroxylation sites is 1. The molecule has 0 atom stereocenters. The van der Waals surface area contributed by atoms with Gasteiger partial charge in [0.05, 0.1) is 16.4 Å². The predicted molar refractivity (Wildman–Crippen MR) is 62.6 cm³/mol. The molecule has 1 aliphatic heterocycles. The highest BCUT2D eigenvalue weighted by molar-refractivity contribution is 6.35. The molecule has 0 fully saturated rings. The molecular formula is C11H13ClN2O. The van der Waals surface area contributed by atoms with Gasteiger partial charge < -0.3 is 10.2 Å². The Bertz CT molecular complexity index is 429. The zero-order chi connectivity index (χ0) is 11.2. The number of nitrogens with zero attached hydrogens (tertiary/aromatic N) is 1. The van der Waals surface area contributed by atoms with E-state index in [1.165, 1.54) is 0 Å². The van der Waals surface area contributed by atoms with Crippen molar-refractivity contribution >= 4 is 28.9 Å². The average molecular weight is 225 g/mol. The lowest BCUT2D eigenvalue weighted by Gasteiger charge is -2.41. The van der Waals surface area contributed by atoms with E-state index < -0.39 is 5.54 Å². The van der Waals surface area contributed by atoms with Gasteiger partial charge in [-0.15, -0.1) is 0 Å². The van der Waals surface area contributed by atoms with Crippen LogP contribution in [0.2, 0.25) is 5.02 Å². The number of carbonyl (C=O) groups excluding carboxylic acids is 1. The average Bonchev–Trinajstić information content (AvgIpc) is 2.18. The number of nitrogens with one attached hydrogen (secondary N) is 1. The van der Waals surface area contributed by atoms with Crippen molar-refractivity contribution in [2.45, 2.75) is 19.4 Å². The first kappa shape index (κ1) is 10.3. The van der Waals surface area contributed by atoms with Gasteiger partial charge >= 0.3 is 0 Å². The van der Waals surface area contributed by atoms with Gasteiger partial charge in [0.1, 0.15) is 5.54 Å². The van der Waals surface area contributed by atoms with Crippen molar-refractivity contribution in [2.75, 3.05) is 17.3 Å². The van der Waals surface area contributed by atoms with Gasteiger partial charge in [0.2, 0.25) is 5.91 Å². The lowest BCUT2D eigenvalue weighted by atomic mass is 9.97. The lowest BCUT2D eigenvalue weighted by Crippen LogP contribution is -2.54. The Balaban J connectivity index is 2.61. The zero-order valence-electron chi connectivity index (χ0n) is 8.97. The number of rotatable bonds is 0. The van der Waals surface area contributed by atoms with Crippen LogP contribution in [0.3, 0.4) is 0 Å². The number of anilines is 2. The van der Waals surface area contributed by atoms with Crippen molar-refractivity contribution in [3.05, 3.63) is 23.2 Å². The fourth-order valence-electron chi connectivity index (χ4n) is 1.64. The first-order valence-corrected chi connectivity index (χ1v) is 5.16. The summed E-state index contributed by atoms with van der Waals surface area (Å²) in [6, 6.07) is 5.60. The topological polar surface area (TPSA) is 32.3 Å². The van der Waals surface area contributed by atoms with Crippen LogP contribution in [0.4, 0.5) is 11.4 Å². The van der Waals surface area contributed by atoms with E-state index in [2.05, 4.69) is 5.32 Å². The molecule has 1 amide bonds. The van der Waals surface area contributed by atoms with Crippen molar-refractivity contribution in [1.82, 2.24) is 0 Å². The van der Waals surface area contributed by atoms with E-state index in [4.69, 9.17) is 11.6 Å². The fraction of sp³-hybridized carbons (Fsp3) is 0.364. The van der Waals surface area contributed by atoms with E-state index in [1.54, 1.807) is 6.07 Å². The van der Waals surface area contributed by atoms with Crippen molar-refractivity contribution in [2.24, 2.45) is 0 Å². The van der Waals surface area contributed by atoms with Crippen LogP contribution >= 0.6 is 11.6 Å². The number of halogens is 1. The van der Waals surface area contributed by atoms with E-state index in [1.807, 2.05) is 37.9 Å². The summed E-state index contributed by atoms with van der Waals surface area (Å²) in [6.07, 6.45) is 0. The van der Waals surface area contributed by atoms with E-state index >= 15 is 0 Å². The molecule has 4 heteroatoms. The van der Waals surface area contributed by atoms with E-state index in [0.717, 1.165) is 5.69 Å². The second-order valence-corrected chi connectivity index (χ2v) is 4.61. The standard InChI is InChI=1S/C11H13ClN2O/c1-11(2)10(15)13-9-7(12)5-4-6-8(9)14(11)3/h4-6H,1-3H3,(H,13,15). The molecule has 0 spiro atoms. The van der Waals surface area contributed by atoms with Gasteiger partial charge in [-0.25, -0.2) is 0 Å². The first-order valence-electron chi connectivity index (χ1n) is 4.78. The smallest absolute Gasteiger partial charge is 0.249 e. The van der Waals surface area contributed by atoms with Crippen LogP contribution in [0.1, 0.15) is 13.8 Å². The van der Waals surface area contributed by atoms with Crippen LogP contribution in [0.5, 0.6) is 0 Å². The molecule has 3 nitrogen and oxygen atoms in total. The number of fused-ring (bicyclic) bond motifs is 1. The maximum Gasteiger partial charge on any atom is 0.249 e. The second-order valence-electron chi connectivity index (χ2n) is 4.21. The highest BCUT2D eigenvalue weighted by Gasteiger charge is 2.38. The number of hydrogen-bond donors (Lipinski definition) is 1. The molecule has 0 saturated carbocycles. The normalized spacial score (nSPS) is 18.4. The molecule has 0 aromatic heterocycles. The Morgan fingerprint density at radius 1 is 1.40 bits per heavy atom. The van der Waals surface area contributed by atoms with Gasteiger partial charge in [0, 0.05) is 7.05 Å². The molecule has 80 valence electrons. The van der Waals surface area contributed by atoms with Crippen LogP contribution < -0.4 is 10.2 Å². The fourth-order valence-corrected chi connectivity index (χ4v) is 1.85. The minimum Gasteiger partial charge on any atom is -0.359 e.